The number of ketones is 1. The second-order valence-electron chi connectivity index (χ2n) is 9.64. The summed E-state index contributed by atoms with van der Waals surface area (Å²) >= 11 is 0. The average molecular weight is 510 g/mol. The molecular weight excluding hydrogens is 474 g/mol. The molecule has 1 aliphatic carbocycles. The van der Waals surface area contributed by atoms with E-state index < -0.39 is 11.9 Å². The number of dihydropyridines is 1. The molecule has 198 valence electrons. The van der Waals surface area contributed by atoms with Crippen LogP contribution in [0, 0.1) is 6.92 Å². The van der Waals surface area contributed by atoms with Crippen LogP contribution < -0.4 is 14.8 Å². The molecule has 2 atom stereocenters. The monoisotopic (exact) mass is 509 g/mol. The minimum absolute atomic E-state index is 0.0338. The third-order valence-corrected chi connectivity index (χ3v) is 6.74. The van der Waals surface area contributed by atoms with E-state index in [9.17, 15) is 9.59 Å². The summed E-state index contributed by atoms with van der Waals surface area (Å²) in [6, 6.07) is 9.40. The molecule has 1 N–H and O–H groups in total. The van der Waals surface area contributed by atoms with Gasteiger partial charge in [0.15, 0.2) is 17.3 Å². The topological polar surface area (TPSA) is 96.2 Å². The Morgan fingerprint density at radius 3 is 2.46 bits per heavy atom. The van der Waals surface area contributed by atoms with Gasteiger partial charge in [-0.25, -0.2) is 4.79 Å². The van der Waals surface area contributed by atoms with Gasteiger partial charge in [-0.15, -0.1) is 0 Å². The first-order valence-corrected chi connectivity index (χ1v) is 12.5. The third kappa shape index (κ3) is 5.59. The van der Waals surface area contributed by atoms with Crippen LogP contribution in [0.3, 0.4) is 0 Å². The van der Waals surface area contributed by atoms with Crippen molar-refractivity contribution in [3.63, 3.8) is 0 Å². The van der Waals surface area contributed by atoms with Gasteiger partial charge in [0, 0.05) is 23.4 Å². The first kappa shape index (κ1) is 26.5. The summed E-state index contributed by atoms with van der Waals surface area (Å²) < 4.78 is 27.8. The summed E-state index contributed by atoms with van der Waals surface area (Å²) in [6.45, 7) is 7.94. The summed E-state index contributed by atoms with van der Waals surface area (Å²) in [5, 5.41) is 3.35. The predicted molar refractivity (Wildman–Crippen MR) is 138 cm³/mol. The van der Waals surface area contributed by atoms with Crippen LogP contribution in [0.2, 0.25) is 0 Å². The molecule has 0 amide bonds. The summed E-state index contributed by atoms with van der Waals surface area (Å²) in [6.07, 6.45) is 0.950. The van der Waals surface area contributed by atoms with Crippen LogP contribution in [0.25, 0.3) is 0 Å². The number of carbonyl (C=O) groups is 2. The highest BCUT2D eigenvalue weighted by Crippen LogP contribution is 2.46. The molecule has 1 aliphatic heterocycles. The average Bonchev–Trinajstić information content (AvgIpc) is 3.30. The maximum atomic E-state index is 13.7. The van der Waals surface area contributed by atoms with E-state index in [4.69, 9.17) is 23.4 Å². The van der Waals surface area contributed by atoms with Gasteiger partial charge in [-0.3, -0.25) is 4.79 Å². The Kier molecular flexibility index (Phi) is 8.07. The third-order valence-electron chi connectivity index (χ3n) is 6.74. The molecule has 0 saturated heterocycles. The van der Waals surface area contributed by atoms with E-state index in [1.54, 1.807) is 14.2 Å². The molecule has 0 spiro atoms. The summed E-state index contributed by atoms with van der Waals surface area (Å²) in [5.41, 5.74) is 3.37. The highest BCUT2D eigenvalue weighted by molar-refractivity contribution is 6.04. The fourth-order valence-electron chi connectivity index (χ4n) is 5.04. The van der Waals surface area contributed by atoms with Gasteiger partial charge >= 0.3 is 5.97 Å². The number of allylic oxidation sites excluding steroid dienone is 3. The van der Waals surface area contributed by atoms with E-state index in [1.807, 2.05) is 58.0 Å². The summed E-state index contributed by atoms with van der Waals surface area (Å²) in [4.78, 5) is 27.0. The number of hydrogen-bond acceptors (Lipinski definition) is 8. The lowest BCUT2D eigenvalue weighted by Gasteiger charge is -2.35. The van der Waals surface area contributed by atoms with E-state index in [-0.39, 0.29) is 24.4 Å². The summed E-state index contributed by atoms with van der Waals surface area (Å²) in [7, 11) is 3.19. The van der Waals surface area contributed by atoms with Gasteiger partial charge in [0.2, 0.25) is 0 Å². The van der Waals surface area contributed by atoms with Crippen LogP contribution in [0.5, 0.6) is 11.5 Å². The Morgan fingerprint density at radius 2 is 1.81 bits per heavy atom. The van der Waals surface area contributed by atoms with Crippen LogP contribution in [-0.4, -0.2) is 45.3 Å². The molecule has 0 bridgehead atoms. The number of ether oxygens (including phenoxy) is 4. The summed E-state index contributed by atoms with van der Waals surface area (Å²) in [5.74, 6) is 1.31. The zero-order valence-corrected chi connectivity index (χ0v) is 22.3. The van der Waals surface area contributed by atoms with E-state index in [1.165, 1.54) is 0 Å². The quantitative estimate of drug-likeness (QED) is 0.375. The molecule has 37 heavy (non-hydrogen) atoms. The fraction of sp³-hybridized carbons (Fsp3) is 0.448. The Morgan fingerprint density at radius 1 is 1.05 bits per heavy atom. The number of benzene rings is 1. The lowest BCUT2D eigenvalue weighted by atomic mass is 9.73. The van der Waals surface area contributed by atoms with E-state index in [0.29, 0.717) is 59.3 Å². The zero-order chi connectivity index (χ0) is 26.7. The molecule has 2 aromatic rings. The molecule has 0 unspecified atom stereocenters. The molecule has 0 saturated carbocycles. The minimum atomic E-state index is -0.637. The van der Waals surface area contributed by atoms with Crippen LogP contribution >= 0.6 is 0 Å². The number of hydrogen-bond donors (Lipinski definition) is 1. The maximum absolute atomic E-state index is 13.7. The number of esters is 1. The number of methoxy groups -OCH3 is 2. The van der Waals surface area contributed by atoms with Crippen LogP contribution in [0.15, 0.2) is 57.3 Å². The van der Waals surface area contributed by atoms with Crippen molar-refractivity contribution in [2.24, 2.45) is 0 Å². The van der Waals surface area contributed by atoms with Gasteiger partial charge in [0.25, 0.3) is 0 Å². The van der Waals surface area contributed by atoms with Crippen LogP contribution in [0.4, 0.5) is 0 Å². The van der Waals surface area contributed by atoms with Gasteiger partial charge in [-0.05, 0) is 69.9 Å². The Bertz CT molecular complexity index is 1240. The van der Waals surface area contributed by atoms with Crippen molar-refractivity contribution in [3.05, 3.63) is 70.0 Å². The van der Waals surface area contributed by atoms with Gasteiger partial charge < -0.3 is 28.7 Å². The van der Waals surface area contributed by atoms with Crippen molar-refractivity contribution in [3.8, 4) is 11.5 Å². The van der Waals surface area contributed by atoms with Gasteiger partial charge in [-0.2, -0.15) is 0 Å². The molecule has 2 heterocycles. The van der Waals surface area contributed by atoms with Crippen molar-refractivity contribution in [2.45, 2.75) is 58.5 Å². The lowest BCUT2D eigenvalue weighted by molar-refractivity contribution is -0.141. The lowest BCUT2D eigenvalue weighted by Crippen LogP contribution is -2.36. The van der Waals surface area contributed by atoms with Crippen molar-refractivity contribution in [2.75, 3.05) is 27.4 Å². The van der Waals surface area contributed by atoms with E-state index in [2.05, 4.69) is 5.32 Å². The Balaban J connectivity index is 1.66. The Hall–Kier alpha value is -3.52. The number of carbonyl (C=O) groups excluding carboxylic acids is 2. The first-order valence-electron chi connectivity index (χ1n) is 12.5. The van der Waals surface area contributed by atoms with Crippen molar-refractivity contribution >= 4 is 11.8 Å². The smallest absolute Gasteiger partial charge is 0.336 e. The minimum Gasteiger partial charge on any atom is -0.493 e. The standard InChI is InChI=1S/C29H35NO7/c1-16(2)35-11-12-36-29(32)26-18(4)30-21-13-20(19-8-10-23(33-5)25(15-19)34-6)14-22(31)27(21)28(26)24-9-7-17(3)37-24/h7-10,15-16,20,28,30H,11-14H2,1-6H3/t20-,28+/m0/s1. The molecule has 2 aliphatic rings. The number of nitrogens with one attached hydrogen (secondary N) is 1. The van der Waals surface area contributed by atoms with Crippen molar-refractivity contribution in [1.29, 1.82) is 0 Å². The van der Waals surface area contributed by atoms with E-state index in [0.717, 1.165) is 11.3 Å². The number of rotatable bonds is 9. The number of Topliss-reactive ketones (excluding diaryl/α,β-unsaturated/α-hetero) is 1. The van der Waals surface area contributed by atoms with Crippen LogP contribution in [-0.2, 0) is 19.1 Å². The molecule has 4 rings (SSSR count). The van der Waals surface area contributed by atoms with Crippen molar-refractivity contribution in [1.82, 2.24) is 5.32 Å². The SMILES string of the molecule is COc1ccc([C@@H]2CC(=O)C3=C(C2)NC(C)=C(C(=O)OCCOC(C)C)[C@H]3c2ccc(C)o2)cc1OC. The normalized spacial score (nSPS) is 19.6. The van der Waals surface area contributed by atoms with Crippen LogP contribution in [0.1, 0.15) is 62.5 Å². The fourth-order valence-corrected chi connectivity index (χ4v) is 5.04. The molecule has 8 nitrogen and oxygen atoms in total. The molecule has 0 radical (unpaired) electrons. The molecule has 0 fully saturated rings. The maximum Gasteiger partial charge on any atom is 0.336 e. The van der Waals surface area contributed by atoms with E-state index >= 15 is 0 Å². The van der Waals surface area contributed by atoms with Gasteiger partial charge in [0.05, 0.1) is 38.4 Å². The first-order chi connectivity index (χ1) is 17.7. The van der Waals surface area contributed by atoms with Gasteiger partial charge in [-0.1, -0.05) is 6.07 Å². The highest BCUT2D eigenvalue weighted by Gasteiger charge is 2.43. The molecule has 8 heteroatoms. The van der Waals surface area contributed by atoms with Gasteiger partial charge in [0.1, 0.15) is 18.1 Å². The molecule has 1 aromatic carbocycles. The Labute approximate surface area is 217 Å². The number of furan rings is 1. The molecule has 1 aromatic heterocycles. The largest absolute Gasteiger partial charge is 0.493 e. The zero-order valence-electron chi connectivity index (χ0n) is 22.3. The highest BCUT2D eigenvalue weighted by atomic mass is 16.6. The predicted octanol–water partition coefficient (Wildman–Crippen LogP) is 4.94. The van der Waals surface area contributed by atoms with Crippen molar-refractivity contribution < 1.29 is 33.0 Å². The number of aryl methyl sites for hydroxylation is 1. The molecular formula is C29H35NO7. The second kappa shape index (κ2) is 11.3. The second-order valence-corrected chi connectivity index (χ2v) is 9.64.